The minimum atomic E-state index is -1.13. The number of imide groups is 1. The lowest BCUT2D eigenvalue weighted by Crippen LogP contribution is -2.53. The summed E-state index contributed by atoms with van der Waals surface area (Å²) in [5.74, 6) is -1.84. The van der Waals surface area contributed by atoms with E-state index in [1.165, 1.54) is 4.90 Å². The van der Waals surface area contributed by atoms with Crippen LogP contribution in [0.2, 0.25) is 0 Å². The first-order valence-corrected chi connectivity index (χ1v) is 9.47. The van der Waals surface area contributed by atoms with Gasteiger partial charge in [0.25, 0.3) is 0 Å². The number of likely N-dealkylation sites (tertiary alicyclic amines) is 1. The molecule has 3 amide bonds. The molecule has 8 nitrogen and oxygen atoms in total. The molecule has 1 aliphatic heterocycles. The van der Waals surface area contributed by atoms with Crippen molar-refractivity contribution in [3.05, 3.63) is 29.8 Å². The number of β-lactam (4-membered cyclic amide) rings is 1. The van der Waals surface area contributed by atoms with Crippen molar-refractivity contribution in [2.75, 3.05) is 25.1 Å². The molecule has 1 aliphatic rings. The van der Waals surface area contributed by atoms with Crippen molar-refractivity contribution in [2.24, 2.45) is 5.41 Å². The molecule has 1 fully saturated rings. The van der Waals surface area contributed by atoms with Crippen molar-refractivity contribution in [2.45, 2.75) is 46.0 Å². The van der Waals surface area contributed by atoms with Crippen molar-refractivity contribution in [1.29, 1.82) is 0 Å². The maximum atomic E-state index is 12.7. The quantitative estimate of drug-likeness (QED) is 0.610. The zero-order valence-electron chi connectivity index (χ0n) is 17.3. The number of nitrogens with one attached hydrogen (secondary N) is 1. The smallest absolute Gasteiger partial charge is 0.329 e. The van der Waals surface area contributed by atoms with Gasteiger partial charge in [-0.3, -0.25) is 19.3 Å². The monoisotopic (exact) mass is 404 g/mol. The minimum Gasteiger partial charge on any atom is -0.480 e. The third-order valence-corrected chi connectivity index (χ3v) is 4.97. The molecule has 1 aromatic rings. The van der Waals surface area contributed by atoms with E-state index in [2.05, 4.69) is 5.32 Å². The Kier molecular flexibility index (Phi) is 6.79. The van der Waals surface area contributed by atoms with E-state index in [1.54, 1.807) is 12.1 Å². The lowest BCUT2D eigenvalue weighted by molar-refractivity contribution is -0.158. The van der Waals surface area contributed by atoms with Gasteiger partial charge in [0.1, 0.15) is 13.2 Å². The highest BCUT2D eigenvalue weighted by Gasteiger charge is 2.42. The van der Waals surface area contributed by atoms with Gasteiger partial charge in [-0.25, -0.2) is 4.79 Å². The second-order valence-electron chi connectivity index (χ2n) is 8.56. The summed E-state index contributed by atoms with van der Waals surface area (Å²) in [6.45, 7) is 7.40. The molecule has 158 valence electrons. The maximum absolute atomic E-state index is 12.7. The van der Waals surface area contributed by atoms with Crippen LogP contribution < -0.4 is 5.32 Å². The SMILES string of the molecule is CC(C)(CC(C)(C)c1ccc(NC(=O)COCC(=O)O)cc1)C(=O)N1CCC1=O. The summed E-state index contributed by atoms with van der Waals surface area (Å²) >= 11 is 0. The van der Waals surface area contributed by atoms with E-state index in [9.17, 15) is 19.2 Å². The zero-order valence-corrected chi connectivity index (χ0v) is 17.3. The summed E-state index contributed by atoms with van der Waals surface area (Å²) in [6, 6.07) is 7.26. The molecule has 0 atom stereocenters. The van der Waals surface area contributed by atoms with Crippen molar-refractivity contribution in [1.82, 2.24) is 4.90 Å². The van der Waals surface area contributed by atoms with E-state index >= 15 is 0 Å². The van der Waals surface area contributed by atoms with Gasteiger partial charge in [-0.2, -0.15) is 0 Å². The molecule has 2 rings (SSSR count). The number of rotatable bonds is 9. The number of anilines is 1. The van der Waals surface area contributed by atoms with Crippen LogP contribution in [0.15, 0.2) is 24.3 Å². The Labute approximate surface area is 170 Å². The lowest BCUT2D eigenvalue weighted by atomic mass is 9.70. The molecular weight excluding hydrogens is 376 g/mol. The Bertz CT molecular complexity index is 798. The van der Waals surface area contributed by atoms with Crippen molar-refractivity contribution < 1.29 is 29.0 Å². The molecule has 1 aromatic carbocycles. The van der Waals surface area contributed by atoms with Crippen molar-refractivity contribution in [3.63, 3.8) is 0 Å². The van der Waals surface area contributed by atoms with Gasteiger partial charge in [0, 0.05) is 24.1 Å². The third kappa shape index (κ3) is 5.87. The van der Waals surface area contributed by atoms with Gasteiger partial charge in [0.05, 0.1) is 0 Å². The normalized spacial score (nSPS) is 14.3. The van der Waals surface area contributed by atoms with Gasteiger partial charge in [0.2, 0.25) is 17.7 Å². The molecule has 29 heavy (non-hydrogen) atoms. The van der Waals surface area contributed by atoms with Crippen LogP contribution in [0.3, 0.4) is 0 Å². The molecule has 2 N–H and O–H groups in total. The van der Waals surface area contributed by atoms with Gasteiger partial charge in [-0.15, -0.1) is 0 Å². The largest absolute Gasteiger partial charge is 0.480 e. The standard InChI is InChI=1S/C21H28N2O6/c1-20(2,13-21(3,4)19(28)23-10-9-17(23)25)14-5-7-15(8-6-14)22-16(24)11-29-12-18(26)27/h5-8H,9-13H2,1-4H3,(H,22,24)(H,26,27). The number of aliphatic carboxylic acids is 1. The van der Waals surface area contributed by atoms with Crippen LogP contribution in [0, 0.1) is 5.41 Å². The summed E-state index contributed by atoms with van der Waals surface area (Å²) in [7, 11) is 0. The first-order chi connectivity index (χ1) is 13.4. The predicted molar refractivity (Wildman–Crippen MR) is 106 cm³/mol. The molecule has 8 heteroatoms. The molecule has 0 bridgehead atoms. The number of carbonyl (C=O) groups is 4. The molecule has 1 saturated heterocycles. The van der Waals surface area contributed by atoms with Crippen LogP contribution in [0.1, 0.15) is 46.1 Å². The number of carboxylic acid groups (broad SMARTS) is 1. The second-order valence-corrected chi connectivity index (χ2v) is 8.56. The highest BCUT2D eigenvalue weighted by molar-refractivity contribution is 6.01. The first-order valence-electron chi connectivity index (χ1n) is 9.47. The Balaban J connectivity index is 1.98. The zero-order chi connectivity index (χ0) is 21.8. The van der Waals surface area contributed by atoms with Gasteiger partial charge in [-0.1, -0.05) is 39.8 Å². The number of hydrogen-bond donors (Lipinski definition) is 2. The topological polar surface area (TPSA) is 113 Å². The number of amides is 3. The molecule has 0 aromatic heterocycles. The fourth-order valence-corrected chi connectivity index (χ4v) is 3.61. The number of ether oxygens (including phenoxy) is 1. The number of carboxylic acids is 1. The third-order valence-electron chi connectivity index (χ3n) is 4.97. The Morgan fingerprint density at radius 3 is 2.21 bits per heavy atom. The molecule has 1 heterocycles. The van der Waals surface area contributed by atoms with Crippen LogP contribution >= 0.6 is 0 Å². The van der Waals surface area contributed by atoms with Gasteiger partial charge in [-0.05, 0) is 29.5 Å². The van der Waals surface area contributed by atoms with E-state index in [4.69, 9.17) is 9.84 Å². The van der Waals surface area contributed by atoms with E-state index in [-0.39, 0.29) is 23.8 Å². The summed E-state index contributed by atoms with van der Waals surface area (Å²) in [6.07, 6.45) is 0.983. The lowest BCUT2D eigenvalue weighted by Gasteiger charge is -2.39. The Morgan fingerprint density at radius 1 is 1.10 bits per heavy atom. The Morgan fingerprint density at radius 2 is 1.72 bits per heavy atom. The van der Waals surface area contributed by atoms with Gasteiger partial charge >= 0.3 is 5.97 Å². The summed E-state index contributed by atoms with van der Waals surface area (Å²) in [5.41, 5.74) is 0.539. The fraction of sp³-hybridized carbons (Fsp3) is 0.524. The Hall–Kier alpha value is -2.74. The summed E-state index contributed by atoms with van der Waals surface area (Å²) < 4.78 is 4.75. The molecule has 0 spiro atoms. The van der Waals surface area contributed by atoms with E-state index < -0.39 is 23.9 Å². The average Bonchev–Trinajstić information content (AvgIpc) is 2.59. The summed E-state index contributed by atoms with van der Waals surface area (Å²) in [5, 5.41) is 11.1. The number of carbonyl (C=O) groups excluding carboxylic acids is 3. The minimum absolute atomic E-state index is 0.117. The van der Waals surface area contributed by atoms with Crippen LogP contribution in [-0.4, -0.2) is 53.5 Å². The van der Waals surface area contributed by atoms with Gasteiger partial charge in [0.15, 0.2) is 0 Å². The molecule has 0 unspecified atom stereocenters. The predicted octanol–water partition coefficient (Wildman–Crippen LogP) is 2.18. The second kappa shape index (κ2) is 8.73. The van der Waals surface area contributed by atoms with Crippen LogP contribution in [0.5, 0.6) is 0 Å². The van der Waals surface area contributed by atoms with E-state index in [1.807, 2.05) is 39.8 Å². The number of hydrogen-bond acceptors (Lipinski definition) is 5. The number of nitrogens with zero attached hydrogens (tertiary/aromatic N) is 1. The van der Waals surface area contributed by atoms with E-state index in [0.29, 0.717) is 25.1 Å². The van der Waals surface area contributed by atoms with Crippen molar-refractivity contribution in [3.8, 4) is 0 Å². The highest BCUT2D eigenvalue weighted by Crippen LogP contribution is 2.38. The molecular formula is C21H28N2O6. The number of benzene rings is 1. The molecule has 0 aliphatic carbocycles. The fourth-order valence-electron chi connectivity index (χ4n) is 3.61. The maximum Gasteiger partial charge on any atom is 0.329 e. The first kappa shape index (κ1) is 22.5. The van der Waals surface area contributed by atoms with Crippen molar-refractivity contribution >= 4 is 29.4 Å². The molecule has 0 radical (unpaired) electrons. The molecule has 0 saturated carbocycles. The average molecular weight is 404 g/mol. The van der Waals surface area contributed by atoms with Gasteiger partial charge < -0.3 is 15.2 Å². The van der Waals surface area contributed by atoms with E-state index in [0.717, 1.165) is 5.56 Å². The van der Waals surface area contributed by atoms with Crippen LogP contribution in [-0.2, 0) is 29.3 Å². The summed E-state index contributed by atoms with van der Waals surface area (Å²) in [4.78, 5) is 47.8. The highest BCUT2D eigenvalue weighted by atomic mass is 16.5. The van der Waals surface area contributed by atoms with Crippen LogP contribution in [0.4, 0.5) is 5.69 Å². The van der Waals surface area contributed by atoms with Crippen LogP contribution in [0.25, 0.3) is 0 Å².